The fraction of sp³-hybridized carbons (Fsp3) is 0.160. The molecular formula is C25H21BrO4. The first-order chi connectivity index (χ1) is 14.7. The van der Waals surface area contributed by atoms with Crippen molar-refractivity contribution in [3.8, 4) is 16.9 Å². The van der Waals surface area contributed by atoms with Gasteiger partial charge in [-0.2, -0.15) is 0 Å². The predicted molar refractivity (Wildman–Crippen MR) is 120 cm³/mol. The molecule has 0 aliphatic heterocycles. The smallest absolute Gasteiger partial charge is 0.310 e. The summed E-state index contributed by atoms with van der Waals surface area (Å²) in [4.78, 5) is 12.2. The number of ether oxygens (including phenoxy) is 2. The van der Waals surface area contributed by atoms with Gasteiger partial charge in [-0.15, -0.1) is 0 Å². The largest absolute Gasteiger partial charge is 0.488 e. The summed E-state index contributed by atoms with van der Waals surface area (Å²) in [5.74, 6) is 0.426. The minimum Gasteiger partial charge on any atom is -0.488 e. The number of carbonyl (C=O) groups excluding carboxylic acids is 1. The summed E-state index contributed by atoms with van der Waals surface area (Å²) in [7, 11) is 0. The molecule has 152 valence electrons. The van der Waals surface area contributed by atoms with E-state index in [1.54, 1.807) is 13.2 Å². The SMILES string of the molecule is CCOC(=O)Cc1cccc(-c2ccccc2)c1OCc1cc(Br)c2occc2c1. The lowest BCUT2D eigenvalue weighted by Crippen LogP contribution is -2.09. The van der Waals surface area contributed by atoms with Crippen molar-refractivity contribution < 1.29 is 18.7 Å². The first-order valence-corrected chi connectivity index (χ1v) is 10.6. The second-order valence-electron chi connectivity index (χ2n) is 6.85. The third kappa shape index (κ3) is 4.41. The van der Waals surface area contributed by atoms with Gasteiger partial charge in [-0.05, 0) is 52.2 Å². The normalized spacial score (nSPS) is 10.9. The number of para-hydroxylation sites is 1. The van der Waals surface area contributed by atoms with E-state index in [1.807, 2.05) is 66.7 Å². The van der Waals surface area contributed by atoms with Crippen LogP contribution in [-0.2, 0) is 22.6 Å². The lowest BCUT2D eigenvalue weighted by molar-refractivity contribution is -0.142. The van der Waals surface area contributed by atoms with Crippen LogP contribution in [0.1, 0.15) is 18.1 Å². The van der Waals surface area contributed by atoms with Crippen molar-refractivity contribution in [3.05, 3.63) is 88.6 Å². The van der Waals surface area contributed by atoms with E-state index in [1.165, 1.54) is 0 Å². The highest BCUT2D eigenvalue weighted by Crippen LogP contribution is 2.35. The number of esters is 1. The molecule has 4 rings (SSSR count). The third-order valence-electron chi connectivity index (χ3n) is 4.77. The van der Waals surface area contributed by atoms with Gasteiger partial charge < -0.3 is 13.9 Å². The molecule has 3 aromatic carbocycles. The topological polar surface area (TPSA) is 48.7 Å². The van der Waals surface area contributed by atoms with E-state index in [0.717, 1.165) is 37.7 Å². The Kier molecular flexibility index (Phi) is 6.19. The molecule has 0 unspecified atom stereocenters. The van der Waals surface area contributed by atoms with Crippen LogP contribution in [0.2, 0.25) is 0 Å². The number of furan rings is 1. The zero-order valence-electron chi connectivity index (χ0n) is 16.6. The Morgan fingerprint density at radius 2 is 1.87 bits per heavy atom. The van der Waals surface area contributed by atoms with E-state index in [2.05, 4.69) is 15.9 Å². The van der Waals surface area contributed by atoms with Crippen molar-refractivity contribution in [2.45, 2.75) is 20.0 Å². The third-order valence-corrected chi connectivity index (χ3v) is 5.36. The standard InChI is InChI=1S/C25H21BrO4/c1-2-28-23(27)15-19-9-6-10-21(18-7-4-3-5-8-18)24(19)30-16-17-13-20-11-12-29-25(20)22(26)14-17/h3-14H,2,15-16H2,1H3. The summed E-state index contributed by atoms with van der Waals surface area (Å²) >= 11 is 3.56. The molecule has 0 amide bonds. The first kappa shape index (κ1) is 20.2. The van der Waals surface area contributed by atoms with Crippen LogP contribution in [0.15, 0.2) is 81.9 Å². The van der Waals surface area contributed by atoms with Gasteiger partial charge in [-0.3, -0.25) is 4.79 Å². The van der Waals surface area contributed by atoms with E-state index in [9.17, 15) is 4.79 Å². The minimum atomic E-state index is -0.268. The summed E-state index contributed by atoms with van der Waals surface area (Å²) in [6, 6.07) is 21.8. The van der Waals surface area contributed by atoms with Gasteiger partial charge in [0.05, 0.1) is 23.8 Å². The molecule has 0 N–H and O–H groups in total. The van der Waals surface area contributed by atoms with Crippen molar-refractivity contribution in [2.24, 2.45) is 0 Å². The van der Waals surface area contributed by atoms with Gasteiger partial charge in [0.25, 0.3) is 0 Å². The Morgan fingerprint density at radius 3 is 2.67 bits per heavy atom. The minimum absolute atomic E-state index is 0.161. The van der Waals surface area contributed by atoms with Gasteiger partial charge in [0.1, 0.15) is 17.9 Å². The molecule has 0 atom stereocenters. The summed E-state index contributed by atoms with van der Waals surface area (Å²) in [6.45, 7) is 2.52. The van der Waals surface area contributed by atoms with E-state index < -0.39 is 0 Å². The fourth-order valence-electron chi connectivity index (χ4n) is 3.44. The van der Waals surface area contributed by atoms with Crippen LogP contribution in [0.3, 0.4) is 0 Å². The monoisotopic (exact) mass is 464 g/mol. The molecule has 30 heavy (non-hydrogen) atoms. The second-order valence-corrected chi connectivity index (χ2v) is 7.70. The Balaban J connectivity index is 1.68. The number of hydrogen-bond donors (Lipinski definition) is 0. The fourth-order valence-corrected chi connectivity index (χ4v) is 4.06. The zero-order chi connectivity index (χ0) is 20.9. The molecule has 4 aromatic rings. The van der Waals surface area contributed by atoms with E-state index in [0.29, 0.717) is 19.0 Å². The Bertz CT molecular complexity index is 1160. The molecule has 0 saturated carbocycles. The zero-order valence-corrected chi connectivity index (χ0v) is 18.1. The van der Waals surface area contributed by atoms with Crippen LogP contribution < -0.4 is 4.74 Å². The molecule has 0 radical (unpaired) electrons. The van der Waals surface area contributed by atoms with Gasteiger partial charge in [-0.1, -0.05) is 48.5 Å². The molecule has 5 heteroatoms. The van der Waals surface area contributed by atoms with Gasteiger partial charge in [0.2, 0.25) is 0 Å². The molecular weight excluding hydrogens is 444 g/mol. The molecule has 1 aromatic heterocycles. The highest BCUT2D eigenvalue weighted by molar-refractivity contribution is 9.10. The van der Waals surface area contributed by atoms with Crippen molar-refractivity contribution >= 4 is 32.9 Å². The average molecular weight is 465 g/mol. The number of fused-ring (bicyclic) bond motifs is 1. The summed E-state index contributed by atoms with van der Waals surface area (Å²) in [5, 5.41) is 1.01. The second kappa shape index (κ2) is 9.18. The van der Waals surface area contributed by atoms with Gasteiger partial charge >= 0.3 is 5.97 Å². The van der Waals surface area contributed by atoms with E-state index in [4.69, 9.17) is 13.9 Å². The quantitative estimate of drug-likeness (QED) is 0.291. The predicted octanol–water partition coefficient (Wildman–Crippen LogP) is 6.55. The molecule has 0 bridgehead atoms. The van der Waals surface area contributed by atoms with Crippen LogP contribution in [0.25, 0.3) is 22.1 Å². The van der Waals surface area contributed by atoms with Gasteiger partial charge in [0, 0.05) is 16.5 Å². The summed E-state index contributed by atoms with van der Waals surface area (Å²) < 4.78 is 17.8. The van der Waals surface area contributed by atoms with Crippen LogP contribution >= 0.6 is 15.9 Å². The highest BCUT2D eigenvalue weighted by Gasteiger charge is 2.16. The molecule has 4 nitrogen and oxygen atoms in total. The van der Waals surface area contributed by atoms with Crippen molar-refractivity contribution in [1.29, 1.82) is 0 Å². The maximum atomic E-state index is 12.2. The Labute approximate surface area is 183 Å². The van der Waals surface area contributed by atoms with Crippen LogP contribution in [0.4, 0.5) is 0 Å². The summed E-state index contributed by atoms with van der Waals surface area (Å²) in [5.41, 5.74) is 4.59. The van der Waals surface area contributed by atoms with Gasteiger partial charge in [0.15, 0.2) is 0 Å². The molecule has 0 spiro atoms. The number of hydrogen-bond acceptors (Lipinski definition) is 4. The van der Waals surface area contributed by atoms with E-state index >= 15 is 0 Å². The van der Waals surface area contributed by atoms with Crippen LogP contribution in [0.5, 0.6) is 5.75 Å². The van der Waals surface area contributed by atoms with Crippen LogP contribution in [0, 0.1) is 0 Å². The Morgan fingerprint density at radius 1 is 1.03 bits per heavy atom. The van der Waals surface area contributed by atoms with Crippen molar-refractivity contribution in [2.75, 3.05) is 6.61 Å². The number of carbonyl (C=O) groups is 1. The average Bonchev–Trinajstić information content (AvgIpc) is 3.23. The molecule has 1 heterocycles. The first-order valence-electron chi connectivity index (χ1n) is 9.77. The molecule has 0 aliphatic carbocycles. The Hall–Kier alpha value is -3.05. The highest BCUT2D eigenvalue weighted by atomic mass is 79.9. The molecule has 0 saturated heterocycles. The van der Waals surface area contributed by atoms with Gasteiger partial charge in [-0.25, -0.2) is 0 Å². The number of rotatable bonds is 7. The maximum absolute atomic E-state index is 12.2. The number of benzene rings is 3. The van der Waals surface area contributed by atoms with E-state index in [-0.39, 0.29) is 12.4 Å². The van der Waals surface area contributed by atoms with Crippen molar-refractivity contribution in [3.63, 3.8) is 0 Å². The maximum Gasteiger partial charge on any atom is 0.310 e. The summed E-state index contributed by atoms with van der Waals surface area (Å²) in [6.07, 6.45) is 1.83. The van der Waals surface area contributed by atoms with Crippen molar-refractivity contribution in [1.82, 2.24) is 0 Å². The van der Waals surface area contributed by atoms with Crippen LogP contribution in [-0.4, -0.2) is 12.6 Å². The lowest BCUT2D eigenvalue weighted by atomic mass is 10.00. The molecule has 0 fully saturated rings. The number of halogens is 1. The molecule has 0 aliphatic rings. The lowest BCUT2D eigenvalue weighted by Gasteiger charge is -2.16.